The van der Waals surface area contributed by atoms with Crippen LogP contribution in [0.25, 0.3) is 17.1 Å². The normalized spacial score (nSPS) is 14.4. The molecule has 2 atom stereocenters. The van der Waals surface area contributed by atoms with Gasteiger partial charge in [-0.05, 0) is 41.8 Å². The van der Waals surface area contributed by atoms with Crippen molar-refractivity contribution < 1.29 is 5.11 Å². The van der Waals surface area contributed by atoms with Crippen LogP contribution in [0, 0.1) is 6.92 Å². The van der Waals surface area contributed by atoms with Crippen LogP contribution < -0.4 is 0 Å². The van der Waals surface area contributed by atoms with Crippen molar-refractivity contribution in [3.8, 4) is 0 Å². The zero-order valence-electron chi connectivity index (χ0n) is 18.4. The molecular weight excluding hydrogens is 406 g/mol. The van der Waals surface area contributed by atoms with Gasteiger partial charge in [0.1, 0.15) is 17.2 Å². The van der Waals surface area contributed by atoms with Gasteiger partial charge in [-0.2, -0.15) is 0 Å². The first-order chi connectivity index (χ1) is 16.1. The van der Waals surface area contributed by atoms with E-state index in [1.807, 2.05) is 102 Å². The summed E-state index contributed by atoms with van der Waals surface area (Å²) in [6.45, 7) is 2.06. The van der Waals surface area contributed by atoms with Crippen LogP contribution in [0.5, 0.6) is 0 Å². The lowest BCUT2D eigenvalue weighted by atomic mass is 9.81. The monoisotopic (exact) mass is 431 g/mol. The van der Waals surface area contributed by atoms with Crippen molar-refractivity contribution in [2.24, 2.45) is 0 Å². The molecule has 1 aromatic heterocycles. The Kier molecular flexibility index (Phi) is 5.59. The molecule has 162 valence electrons. The Morgan fingerprint density at radius 3 is 2.15 bits per heavy atom. The van der Waals surface area contributed by atoms with Crippen LogP contribution in [-0.4, -0.2) is 20.1 Å². The molecule has 5 rings (SSSR count). The Balaban J connectivity index is 1.76. The summed E-state index contributed by atoms with van der Waals surface area (Å²) < 4.78 is 1.84. The van der Waals surface area contributed by atoms with E-state index in [0.29, 0.717) is 0 Å². The summed E-state index contributed by atoms with van der Waals surface area (Å²) in [7, 11) is 0. The average Bonchev–Trinajstić information content (AvgIpc) is 3.29. The molecule has 0 aliphatic carbocycles. The summed E-state index contributed by atoms with van der Waals surface area (Å²) in [5.74, 6) is 0. The third kappa shape index (κ3) is 4.09. The van der Waals surface area contributed by atoms with Crippen LogP contribution in [-0.2, 0) is 5.60 Å². The highest BCUT2D eigenvalue weighted by Crippen LogP contribution is 2.41. The minimum atomic E-state index is -1.39. The van der Waals surface area contributed by atoms with Crippen LogP contribution >= 0.6 is 0 Å². The average molecular weight is 432 g/mol. The van der Waals surface area contributed by atoms with Gasteiger partial charge in [0.15, 0.2) is 0 Å². The van der Waals surface area contributed by atoms with Crippen molar-refractivity contribution in [3.05, 3.63) is 138 Å². The van der Waals surface area contributed by atoms with E-state index in [0.717, 1.165) is 33.3 Å². The predicted molar refractivity (Wildman–Crippen MR) is 133 cm³/mol. The Morgan fingerprint density at radius 1 is 0.788 bits per heavy atom. The fourth-order valence-electron chi connectivity index (χ4n) is 4.25. The lowest BCUT2D eigenvalue weighted by Gasteiger charge is -2.35. The van der Waals surface area contributed by atoms with Crippen molar-refractivity contribution in [3.63, 3.8) is 0 Å². The summed E-state index contributed by atoms with van der Waals surface area (Å²) in [5, 5.41) is 21.4. The number of rotatable bonds is 6. The van der Waals surface area contributed by atoms with Gasteiger partial charge in [0, 0.05) is 0 Å². The van der Waals surface area contributed by atoms with E-state index < -0.39 is 11.6 Å². The maximum absolute atomic E-state index is 12.5. The number of aromatic nitrogens is 3. The molecule has 0 spiro atoms. The number of benzene rings is 4. The molecule has 0 aliphatic heterocycles. The number of fused-ring (bicyclic) bond motifs is 1. The number of aliphatic hydroxyl groups is 1. The zero-order valence-corrected chi connectivity index (χ0v) is 18.4. The second kappa shape index (κ2) is 8.85. The first kappa shape index (κ1) is 20.9. The molecule has 4 heteroatoms. The van der Waals surface area contributed by atoms with E-state index in [4.69, 9.17) is 0 Å². The lowest BCUT2D eigenvalue weighted by molar-refractivity contribution is 0.0434. The fourth-order valence-corrected chi connectivity index (χ4v) is 4.25. The number of hydrogen-bond acceptors (Lipinski definition) is 3. The molecule has 33 heavy (non-hydrogen) atoms. The molecule has 0 bridgehead atoms. The van der Waals surface area contributed by atoms with Crippen molar-refractivity contribution >= 4 is 17.1 Å². The largest absolute Gasteiger partial charge is 0.378 e. The van der Waals surface area contributed by atoms with Gasteiger partial charge in [0.2, 0.25) is 0 Å². The summed E-state index contributed by atoms with van der Waals surface area (Å²) in [4.78, 5) is 0. The molecule has 0 saturated carbocycles. The molecule has 4 aromatic carbocycles. The Bertz CT molecular complexity index is 1380. The molecule has 0 aliphatic rings. The quantitative estimate of drug-likeness (QED) is 0.362. The van der Waals surface area contributed by atoms with Crippen molar-refractivity contribution in [1.29, 1.82) is 0 Å². The summed E-state index contributed by atoms with van der Waals surface area (Å²) in [6, 6.07) is 35.3. The third-order valence-electron chi connectivity index (χ3n) is 6.00. The predicted octanol–water partition coefficient (Wildman–Crippen LogP) is 5.93. The molecule has 0 amide bonds. The molecule has 2 unspecified atom stereocenters. The van der Waals surface area contributed by atoms with Gasteiger partial charge in [-0.1, -0.05) is 114 Å². The van der Waals surface area contributed by atoms with Gasteiger partial charge in [-0.25, -0.2) is 4.68 Å². The number of nitrogens with zero attached hydrogens (tertiary/aromatic N) is 3. The second-order valence-electron chi connectivity index (χ2n) is 8.27. The summed E-state index contributed by atoms with van der Waals surface area (Å²) in [6.07, 6.45) is 3.84. The van der Waals surface area contributed by atoms with Gasteiger partial charge < -0.3 is 5.11 Å². The van der Waals surface area contributed by atoms with E-state index >= 15 is 0 Å². The molecule has 0 radical (unpaired) electrons. The highest BCUT2D eigenvalue weighted by atomic mass is 16.3. The number of hydrogen-bond donors (Lipinski definition) is 1. The van der Waals surface area contributed by atoms with E-state index in [-0.39, 0.29) is 0 Å². The van der Waals surface area contributed by atoms with Crippen LogP contribution in [0.1, 0.15) is 28.3 Å². The zero-order chi connectivity index (χ0) is 22.7. The van der Waals surface area contributed by atoms with E-state index in [9.17, 15) is 5.11 Å². The smallest absolute Gasteiger partial charge is 0.135 e. The first-order valence-electron chi connectivity index (χ1n) is 11.0. The van der Waals surface area contributed by atoms with Crippen molar-refractivity contribution in [2.45, 2.75) is 18.6 Å². The second-order valence-corrected chi connectivity index (χ2v) is 8.27. The summed E-state index contributed by atoms with van der Waals surface area (Å²) in [5.41, 5.74) is 4.16. The molecule has 5 aromatic rings. The maximum Gasteiger partial charge on any atom is 0.135 e. The van der Waals surface area contributed by atoms with Gasteiger partial charge in [-0.15, -0.1) is 5.10 Å². The first-order valence-corrected chi connectivity index (χ1v) is 11.0. The van der Waals surface area contributed by atoms with Crippen LogP contribution in [0.3, 0.4) is 0 Å². The molecule has 0 saturated heterocycles. The summed E-state index contributed by atoms with van der Waals surface area (Å²) >= 11 is 0. The molecule has 0 fully saturated rings. The fraction of sp³-hybridized carbons (Fsp3) is 0.103. The molecule has 1 N–H and O–H groups in total. The highest BCUT2D eigenvalue weighted by Gasteiger charge is 2.40. The number of para-hydroxylation sites is 1. The van der Waals surface area contributed by atoms with Gasteiger partial charge >= 0.3 is 0 Å². The maximum atomic E-state index is 12.5. The Hall–Kier alpha value is -4.02. The van der Waals surface area contributed by atoms with Crippen LogP contribution in [0.4, 0.5) is 0 Å². The van der Waals surface area contributed by atoms with Crippen molar-refractivity contribution in [2.75, 3.05) is 0 Å². The molecular formula is C29H25N3O. The molecule has 1 heterocycles. The van der Waals surface area contributed by atoms with Gasteiger partial charge in [-0.3, -0.25) is 0 Å². The Labute approximate surface area is 193 Å². The van der Waals surface area contributed by atoms with E-state index in [1.54, 1.807) is 0 Å². The SMILES string of the molecule is Cc1ccc(C(n2nnc3ccccc32)C(O)(/C=C/c2ccccc2)c2ccccc2)cc1. The van der Waals surface area contributed by atoms with E-state index in [1.165, 1.54) is 0 Å². The molecule has 4 nitrogen and oxygen atoms in total. The highest BCUT2D eigenvalue weighted by molar-refractivity contribution is 5.74. The minimum absolute atomic E-state index is 0.534. The van der Waals surface area contributed by atoms with Crippen LogP contribution in [0.15, 0.2) is 115 Å². The Morgan fingerprint density at radius 2 is 1.42 bits per heavy atom. The minimum Gasteiger partial charge on any atom is -0.378 e. The van der Waals surface area contributed by atoms with Gasteiger partial charge in [0.25, 0.3) is 0 Å². The van der Waals surface area contributed by atoms with E-state index in [2.05, 4.69) is 41.5 Å². The standard InChI is InChI=1S/C29H25N3O/c1-22-16-18-24(19-17-22)28(32-27-15-9-8-14-26(27)30-31-32)29(33,25-12-6-3-7-13-25)21-20-23-10-4-2-5-11-23/h2-21,28,33H,1H3/b21-20+. The van der Waals surface area contributed by atoms with Crippen molar-refractivity contribution in [1.82, 2.24) is 15.0 Å². The lowest BCUT2D eigenvalue weighted by Crippen LogP contribution is -2.36. The van der Waals surface area contributed by atoms with Gasteiger partial charge in [0.05, 0.1) is 5.52 Å². The topological polar surface area (TPSA) is 50.9 Å². The number of aryl methyl sites for hydroxylation is 1. The third-order valence-corrected chi connectivity index (χ3v) is 6.00. The van der Waals surface area contributed by atoms with Crippen LogP contribution in [0.2, 0.25) is 0 Å².